The molecule has 12 heavy (non-hydrogen) atoms. The predicted molar refractivity (Wildman–Crippen MR) is 44.1 cm³/mol. The summed E-state index contributed by atoms with van der Waals surface area (Å²) in [5.74, 6) is 0. The van der Waals surface area contributed by atoms with E-state index in [1.54, 1.807) is 0 Å². The van der Waals surface area contributed by atoms with Crippen LogP contribution in [-0.4, -0.2) is 30.2 Å². The van der Waals surface area contributed by atoms with Crippen LogP contribution in [0.5, 0.6) is 0 Å². The minimum atomic E-state index is -0.0405. The van der Waals surface area contributed by atoms with Gasteiger partial charge in [-0.05, 0) is 18.9 Å². The summed E-state index contributed by atoms with van der Waals surface area (Å²) in [7, 11) is 0. The summed E-state index contributed by atoms with van der Waals surface area (Å²) in [4.78, 5) is 20.4. The van der Waals surface area contributed by atoms with E-state index >= 15 is 0 Å². The van der Waals surface area contributed by atoms with E-state index in [1.165, 1.54) is 12.3 Å². The Labute approximate surface area is 71.2 Å². The molecule has 0 aromatic carbocycles. The Kier molecular flexibility index (Phi) is 3.47. The monoisotopic (exact) mass is 168 g/mol. The van der Waals surface area contributed by atoms with Gasteiger partial charge in [0.1, 0.15) is 12.6 Å². The van der Waals surface area contributed by atoms with Crippen molar-refractivity contribution >= 4 is 12.6 Å². The smallest absolute Gasteiger partial charge is 0.144 e. The average Bonchev–Trinajstić information content (AvgIpc) is 2.52. The molecule has 0 bridgehead atoms. The van der Waals surface area contributed by atoms with Crippen LogP contribution in [0.3, 0.4) is 0 Å². The van der Waals surface area contributed by atoms with E-state index in [0.717, 1.165) is 25.7 Å². The minimum Gasteiger partial charge on any atom is -0.325 e. The Balaban J connectivity index is 2.35. The molecule has 1 aliphatic heterocycles. The molecule has 0 saturated carbocycles. The Bertz CT molecular complexity index is 191. The molecule has 1 fully saturated rings. The first-order chi connectivity index (χ1) is 5.88. The van der Waals surface area contributed by atoms with Crippen LogP contribution in [0.15, 0.2) is 12.3 Å². The van der Waals surface area contributed by atoms with Gasteiger partial charge in [-0.3, -0.25) is 4.79 Å². The van der Waals surface area contributed by atoms with Crippen molar-refractivity contribution in [2.24, 2.45) is 0 Å². The van der Waals surface area contributed by atoms with E-state index in [2.05, 4.69) is 5.43 Å². The third kappa shape index (κ3) is 2.17. The van der Waals surface area contributed by atoms with Crippen LogP contribution in [0.25, 0.3) is 0 Å². The van der Waals surface area contributed by atoms with Crippen LogP contribution in [0.2, 0.25) is 0 Å². The number of nitrogens with zero attached hydrogens (tertiary/aromatic N) is 1. The molecule has 0 aromatic heterocycles. The van der Waals surface area contributed by atoms with Gasteiger partial charge in [-0.2, -0.15) is 0 Å². The number of nitrogens with one attached hydrogen (secondary N) is 1. The number of hydrazine groups is 1. The lowest BCUT2D eigenvalue weighted by Crippen LogP contribution is -2.39. The van der Waals surface area contributed by atoms with Gasteiger partial charge in [0.05, 0.1) is 6.04 Å². The zero-order chi connectivity index (χ0) is 8.81. The Morgan fingerprint density at radius 3 is 2.92 bits per heavy atom. The van der Waals surface area contributed by atoms with Crippen molar-refractivity contribution in [3.8, 4) is 0 Å². The number of hydrogen-bond donors (Lipinski definition) is 1. The number of carbonyl (C=O) groups excluding carboxylic acids is 2. The van der Waals surface area contributed by atoms with Gasteiger partial charge in [0, 0.05) is 12.7 Å². The van der Waals surface area contributed by atoms with Crippen molar-refractivity contribution in [3.63, 3.8) is 0 Å². The third-order valence-electron chi connectivity index (χ3n) is 1.87. The topological polar surface area (TPSA) is 49.4 Å². The number of rotatable bonds is 4. The van der Waals surface area contributed by atoms with Gasteiger partial charge in [0.25, 0.3) is 0 Å². The molecule has 1 N–H and O–H groups in total. The lowest BCUT2D eigenvalue weighted by molar-refractivity contribution is -0.112. The molecular formula is C8H12N2O2. The maximum absolute atomic E-state index is 10.5. The summed E-state index contributed by atoms with van der Waals surface area (Å²) in [5, 5.41) is 1.83. The molecule has 66 valence electrons. The fraction of sp³-hybridized carbons (Fsp3) is 0.500. The average molecular weight is 168 g/mol. The van der Waals surface area contributed by atoms with Gasteiger partial charge < -0.3 is 10.2 Å². The van der Waals surface area contributed by atoms with Crippen LogP contribution in [0.1, 0.15) is 12.8 Å². The van der Waals surface area contributed by atoms with Crippen molar-refractivity contribution in [2.75, 3.05) is 6.54 Å². The van der Waals surface area contributed by atoms with E-state index in [0.29, 0.717) is 6.29 Å². The Morgan fingerprint density at radius 2 is 2.25 bits per heavy atom. The number of carbonyl (C=O) groups is 2. The lowest BCUT2D eigenvalue weighted by atomic mass is 10.2. The summed E-state index contributed by atoms with van der Waals surface area (Å²) >= 11 is 0. The summed E-state index contributed by atoms with van der Waals surface area (Å²) < 4.78 is 0. The summed E-state index contributed by atoms with van der Waals surface area (Å²) in [5.41, 5.74) is 2.87. The molecule has 0 amide bonds. The molecule has 1 aliphatic rings. The molecule has 0 spiro atoms. The van der Waals surface area contributed by atoms with Crippen LogP contribution >= 0.6 is 0 Å². The van der Waals surface area contributed by atoms with Gasteiger partial charge in [0.15, 0.2) is 0 Å². The second kappa shape index (κ2) is 4.66. The van der Waals surface area contributed by atoms with Crippen LogP contribution < -0.4 is 5.43 Å². The van der Waals surface area contributed by atoms with Gasteiger partial charge >= 0.3 is 0 Å². The highest BCUT2D eigenvalue weighted by molar-refractivity contribution is 5.64. The Hall–Kier alpha value is -1.16. The molecule has 1 rings (SSSR count). The molecule has 0 unspecified atom stereocenters. The van der Waals surface area contributed by atoms with E-state index in [4.69, 9.17) is 0 Å². The zero-order valence-corrected chi connectivity index (χ0v) is 6.77. The van der Waals surface area contributed by atoms with Gasteiger partial charge in [-0.25, -0.2) is 5.01 Å². The SMILES string of the molecule is O=C/C=C\NN1CCC[C@H]1C=O. The van der Waals surface area contributed by atoms with E-state index < -0.39 is 0 Å². The maximum atomic E-state index is 10.5. The van der Waals surface area contributed by atoms with E-state index in [-0.39, 0.29) is 6.04 Å². The molecule has 1 atom stereocenters. The van der Waals surface area contributed by atoms with Gasteiger partial charge in [-0.15, -0.1) is 0 Å². The van der Waals surface area contributed by atoms with Crippen molar-refractivity contribution in [2.45, 2.75) is 18.9 Å². The number of hydrogen-bond acceptors (Lipinski definition) is 4. The quantitative estimate of drug-likeness (QED) is 0.469. The normalized spacial score (nSPS) is 24.5. The summed E-state index contributed by atoms with van der Waals surface area (Å²) in [6.07, 6.45) is 6.43. The summed E-state index contributed by atoms with van der Waals surface area (Å²) in [6, 6.07) is -0.0405. The molecule has 4 heteroatoms. The Morgan fingerprint density at radius 1 is 1.42 bits per heavy atom. The van der Waals surface area contributed by atoms with E-state index in [1.807, 2.05) is 5.01 Å². The minimum absolute atomic E-state index is 0.0405. The standard InChI is InChI=1S/C8H12N2O2/c11-6-2-4-9-10-5-1-3-8(10)7-12/h2,4,6-9H,1,3,5H2/b4-2-/t8-/m0/s1. The molecular weight excluding hydrogens is 156 g/mol. The third-order valence-corrected chi connectivity index (χ3v) is 1.87. The zero-order valence-electron chi connectivity index (χ0n) is 6.77. The van der Waals surface area contributed by atoms with Crippen LogP contribution in [0.4, 0.5) is 0 Å². The van der Waals surface area contributed by atoms with Crippen molar-refractivity contribution in [1.29, 1.82) is 0 Å². The molecule has 0 aliphatic carbocycles. The second-order valence-corrected chi connectivity index (χ2v) is 2.66. The highest BCUT2D eigenvalue weighted by atomic mass is 16.1. The fourth-order valence-corrected chi connectivity index (χ4v) is 1.27. The maximum Gasteiger partial charge on any atom is 0.144 e. The first kappa shape index (κ1) is 8.93. The highest BCUT2D eigenvalue weighted by Crippen LogP contribution is 2.11. The van der Waals surface area contributed by atoms with Gasteiger partial charge in [-0.1, -0.05) is 0 Å². The van der Waals surface area contributed by atoms with Crippen molar-refractivity contribution in [1.82, 2.24) is 10.4 Å². The van der Waals surface area contributed by atoms with Gasteiger partial charge in [0.2, 0.25) is 0 Å². The molecule has 1 heterocycles. The van der Waals surface area contributed by atoms with E-state index in [9.17, 15) is 9.59 Å². The van der Waals surface area contributed by atoms with Crippen LogP contribution in [0, 0.1) is 0 Å². The van der Waals surface area contributed by atoms with Crippen molar-refractivity contribution in [3.05, 3.63) is 12.3 Å². The van der Waals surface area contributed by atoms with Crippen LogP contribution in [-0.2, 0) is 9.59 Å². The lowest BCUT2D eigenvalue weighted by Gasteiger charge is -2.18. The number of aldehydes is 2. The molecule has 0 radical (unpaired) electrons. The molecule has 4 nitrogen and oxygen atoms in total. The summed E-state index contributed by atoms with van der Waals surface area (Å²) in [6.45, 7) is 0.854. The fourth-order valence-electron chi connectivity index (χ4n) is 1.27. The molecule has 1 saturated heterocycles. The van der Waals surface area contributed by atoms with Crippen molar-refractivity contribution < 1.29 is 9.59 Å². The highest BCUT2D eigenvalue weighted by Gasteiger charge is 2.22. The molecule has 0 aromatic rings. The second-order valence-electron chi connectivity index (χ2n) is 2.66. The largest absolute Gasteiger partial charge is 0.325 e. The first-order valence-electron chi connectivity index (χ1n) is 3.97. The first-order valence-corrected chi connectivity index (χ1v) is 3.97. The predicted octanol–water partition coefficient (Wildman–Crippen LogP) is -0.133. The number of allylic oxidation sites excluding steroid dienone is 1.